The van der Waals surface area contributed by atoms with Gasteiger partial charge in [-0.25, -0.2) is 4.79 Å². The number of amides is 1. The van der Waals surface area contributed by atoms with Crippen LogP contribution in [-0.4, -0.2) is 24.6 Å². The summed E-state index contributed by atoms with van der Waals surface area (Å²) in [5.41, 5.74) is 3.05. The molecule has 2 rings (SSSR count). The standard InChI is InChI=1S/C20H23NO4/c1-14-9-10-18(15(2)11-14)24-13-19(22)25-16(3)20(23)21-12-17-7-5-4-6-8-17/h4-11,16H,12-13H2,1-3H3,(H,21,23)/t16-/m0/s1. The third-order valence-electron chi connectivity index (χ3n) is 3.66. The highest BCUT2D eigenvalue weighted by atomic mass is 16.6. The van der Waals surface area contributed by atoms with Crippen molar-refractivity contribution >= 4 is 11.9 Å². The van der Waals surface area contributed by atoms with Crippen LogP contribution in [0.1, 0.15) is 23.6 Å². The fourth-order valence-electron chi connectivity index (χ4n) is 2.31. The van der Waals surface area contributed by atoms with Gasteiger partial charge in [0, 0.05) is 6.54 Å². The number of aryl methyl sites for hydroxylation is 2. The van der Waals surface area contributed by atoms with Crippen molar-refractivity contribution in [3.05, 3.63) is 65.2 Å². The second-order valence-corrected chi connectivity index (χ2v) is 5.89. The van der Waals surface area contributed by atoms with Crippen LogP contribution in [0, 0.1) is 13.8 Å². The molecule has 0 bridgehead atoms. The van der Waals surface area contributed by atoms with Gasteiger partial charge in [-0.3, -0.25) is 4.79 Å². The van der Waals surface area contributed by atoms with E-state index in [0.717, 1.165) is 16.7 Å². The van der Waals surface area contributed by atoms with Gasteiger partial charge in [0.25, 0.3) is 5.91 Å². The van der Waals surface area contributed by atoms with E-state index in [1.165, 1.54) is 6.92 Å². The topological polar surface area (TPSA) is 64.6 Å². The summed E-state index contributed by atoms with van der Waals surface area (Å²) in [5.74, 6) is -0.296. The SMILES string of the molecule is Cc1ccc(OCC(=O)O[C@@H](C)C(=O)NCc2ccccc2)c(C)c1. The van der Waals surface area contributed by atoms with Gasteiger partial charge < -0.3 is 14.8 Å². The predicted octanol–water partition coefficient (Wildman–Crippen LogP) is 2.93. The number of ether oxygens (including phenoxy) is 2. The van der Waals surface area contributed by atoms with Gasteiger partial charge in [0.1, 0.15) is 5.75 Å². The van der Waals surface area contributed by atoms with Gasteiger partial charge in [-0.05, 0) is 38.0 Å². The molecule has 1 N–H and O–H groups in total. The van der Waals surface area contributed by atoms with Gasteiger partial charge >= 0.3 is 5.97 Å². The minimum atomic E-state index is -0.876. The van der Waals surface area contributed by atoms with Crippen molar-refractivity contribution in [2.24, 2.45) is 0 Å². The van der Waals surface area contributed by atoms with E-state index >= 15 is 0 Å². The third-order valence-corrected chi connectivity index (χ3v) is 3.66. The smallest absolute Gasteiger partial charge is 0.344 e. The lowest BCUT2D eigenvalue weighted by Crippen LogP contribution is -2.36. The molecule has 2 aromatic carbocycles. The van der Waals surface area contributed by atoms with Crippen LogP contribution in [0.2, 0.25) is 0 Å². The Morgan fingerprint density at radius 2 is 1.80 bits per heavy atom. The summed E-state index contributed by atoms with van der Waals surface area (Å²) in [7, 11) is 0. The molecule has 0 spiro atoms. The normalized spacial score (nSPS) is 11.5. The van der Waals surface area contributed by atoms with Crippen LogP contribution in [0.25, 0.3) is 0 Å². The summed E-state index contributed by atoms with van der Waals surface area (Å²) in [6.07, 6.45) is -0.876. The molecule has 0 heterocycles. The van der Waals surface area contributed by atoms with Gasteiger partial charge in [-0.2, -0.15) is 0 Å². The number of benzene rings is 2. The first-order valence-electron chi connectivity index (χ1n) is 8.17. The summed E-state index contributed by atoms with van der Waals surface area (Å²) >= 11 is 0. The van der Waals surface area contributed by atoms with Crippen LogP contribution in [0.5, 0.6) is 5.75 Å². The molecule has 1 amide bonds. The maximum atomic E-state index is 12.0. The van der Waals surface area contributed by atoms with Crippen LogP contribution in [0.3, 0.4) is 0 Å². The molecule has 1 atom stereocenters. The third kappa shape index (κ3) is 5.95. The Hall–Kier alpha value is -2.82. The first kappa shape index (κ1) is 18.5. The Balaban J connectivity index is 1.76. The van der Waals surface area contributed by atoms with E-state index in [0.29, 0.717) is 12.3 Å². The minimum Gasteiger partial charge on any atom is -0.482 e. The van der Waals surface area contributed by atoms with Crippen LogP contribution in [-0.2, 0) is 20.9 Å². The maximum Gasteiger partial charge on any atom is 0.344 e. The molecular weight excluding hydrogens is 318 g/mol. The molecule has 5 nitrogen and oxygen atoms in total. The molecule has 2 aromatic rings. The van der Waals surface area contributed by atoms with E-state index in [9.17, 15) is 9.59 Å². The van der Waals surface area contributed by atoms with Crippen LogP contribution < -0.4 is 10.1 Å². The van der Waals surface area contributed by atoms with Gasteiger partial charge in [0.05, 0.1) is 0 Å². The average Bonchev–Trinajstić information content (AvgIpc) is 2.59. The van der Waals surface area contributed by atoms with Crippen molar-refractivity contribution in [2.45, 2.75) is 33.4 Å². The highest BCUT2D eigenvalue weighted by molar-refractivity contribution is 5.83. The van der Waals surface area contributed by atoms with E-state index < -0.39 is 12.1 Å². The summed E-state index contributed by atoms with van der Waals surface area (Å²) in [6.45, 7) is 5.59. The first-order valence-corrected chi connectivity index (χ1v) is 8.17. The largest absolute Gasteiger partial charge is 0.482 e. The zero-order valence-electron chi connectivity index (χ0n) is 14.7. The lowest BCUT2D eigenvalue weighted by atomic mass is 10.1. The Morgan fingerprint density at radius 1 is 1.08 bits per heavy atom. The van der Waals surface area contributed by atoms with E-state index in [2.05, 4.69) is 5.32 Å². The molecule has 0 saturated carbocycles. The number of hydrogen-bond acceptors (Lipinski definition) is 4. The van der Waals surface area contributed by atoms with Crippen molar-refractivity contribution in [1.29, 1.82) is 0 Å². The summed E-state index contributed by atoms with van der Waals surface area (Å²) in [4.78, 5) is 23.8. The average molecular weight is 341 g/mol. The van der Waals surface area contributed by atoms with Crippen molar-refractivity contribution in [2.75, 3.05) is 6.61 Å². The summed E-state index contributed by atoms with van der Waals surface area (Å²) < 4.78 is 10.6. The number of nitrogens with one attached hydrogen (secondary N) is 1. The van der Waals surface area contributed by atoms with Gasteiger partial charge in [0.2, 0.25) is 0 Å². The number of carbonyl (C=O) groups excluding carboxylic acids is 2. The second-order valence-electron chi connectivity index (χ2n) is 5.89. The fourth-order valence-corrected chi connectivity index (χ4v) is 2.31. The Kier molecular flexibility index (Phi) is 6.57. The molecule has 0 saturated heterocycles. The van der Waals surface area contributed by atoms with Crippen molar-refractivity contribution in [1.82, 2.24) is 5.32 Å². The molecule has 25 heavy (non-hydrogen) atoms. The van der Waals surface area contributed by atoms with Crippen LogP contribution in [0.15, 0.2) is 48.5 Å². The van der Waals surface area contributed by atoms with Crippen molar-refractivity contribution in [3.63, 3.8) is 0 Å². The van der Waals surface area contributed by atoms with E-state index in [4.69, 9.17) is 9.47 Å². The summed E-state index contributed by atoms with van der Waals surface area (Å²) in [6, 6.07) is 15.2. The molecule has 0 radical (unpaired) electrons. The fraction of sp³-hybridized carbons (Fsp3) is 0.300. The van der Waals surface area contributed by atoms with Crippen molar-refractivity contribution in [3.8, 4) is 5.75 Å². The molecular formula is C20H23NO4. The zero-order valence-corrected chi connectivity index (χ0v) is 14.7. The van der Waals surface area contributed by atoms with E-state index in [1.54, 1.807) is 0 Å². The Morgan fingerprint density at radius 3 is 2.48 bits per heavy atom. The van der Waals surface area contributed by atoms with Gasteiger partial charge in [0.15, 0.2) is 12.7 Å². The lowest BCUT2D eigenvalue weighted by Gasteiger charge is -2.14. The molecule has 0 aliphatic heterocycles. The molecule has 0 fully saturated rings. The monoisotopic (exact) mass is 341 g/mol. The van der Waals surface area contributed by atoms with Gasteiger partial charge in [-0.15, -0.1) is 0 Å². The zero-order chi connectivity index (χ0) is 18.2. The van der Waals surface area contributed by atoms with Crippen LogP contribution >= 0.6 is 0 Å². The number of esters is 1. The predicted molar refractivity (Wildman–Crippen MR) is 95.3 cm³/mol. The van der Waals surface area contributed by atoms with E-state index in [-0.39, 0.29) is 12.5 Å². The van der Waals surface area contributed by atoms with E-state index in [1.807, 2.05) is 62.4 Å². The lowest BCUT2D eigenvalue weighted by molar-refractivity contribution is -0.156. The molecule has 0 aliphatic rings. The van der Waals surface area contributed by atoms with Crippen LogP contribution in [0.4, 0.5) is 0 Å². The van der Waals surface area contributed by atoms with Crippen molar-refractivity contribution < 1.29 is 19.1 Å². The Bertz CT molecular complexity index is 728. The number of hydrogen-bond donors (Lipinski definition) is 1. The number of carbonyl (C=O) groups is 2. The quantitative estimate of drug-likeness (QED) is 0.787. The molecule has 0 unspecified atom stereocenters. The number of rotatable bonds is 7. The maximum absolute atomic E-state index is 12.0. The summed E-state index contributed by atoms with van der Waals surface area (Å²) in [5, 5.41) is 2.74. The van der Waals surface area contributed by atoms with Gasteiger partial charge in [-0.1, -0.05) is 48.0 Å². The Labute approximate surface area is 148 Å². The highest BCUT2D eigenvalue weighted by Crippen LogP contribution is 2.18. The molecule has 5 heteroatoms. The first-order chi connectivity index (χ1) is 12.0. The molecule has 0 aromatic heterocycles. The second kappa shape index (κ2) is 8.87. The minimum absolute atomic E-state index is 0.236. The molecule has 132 valence electrons. The molecule has 0 aliphatic carbocycles. The highest BCUT2D eigenvalue weighted by Gasteiger charge is 2.18.